The summed E-state index contributed by atoms with van der Waals surface area (Å²) in [6.45, 7) is 6.22. The zero-order chi connectivity index (χ0) is 21.3. The van der Waals surface area contributed by atoms with E-state index in [1.807, 2.05) is 43.0 Å². The van der Waals surface area contributed by atoms with Crippen molar-refractivity contribution in [2.75, 3.05) is 6.54 Å². The number of rotatable bonds is 3. The fourth-order valence-electron chi connectivity index (χ4n) is 4.73. The lowest BCUT2D eigenvalue weighted by atomic mass is 9.88. The number of carbonyl (C=O) groups is 2. The fourth-order valence-corrected chi connectivity index (χ4v) is 4.73. The molecule has 3 aromatic rings. The zero-order valence-corrected chi connectivity index (χ0v) is 17.8. The van der Waals surface area contributed by atoms with Crippen LogP contribution in [-0.4, -0.2) is 29.3 Å². The number of piperidine rings is 1. The summed E-state index contributed by atoms with van der Waals surface area (Å²) in [6, 6.07) is 20.6. The maximum Gasteiger partial charge on any atom is 0.254 e. The second kappa shape index (κ2) is 8.31. The predicted molar refractivity (Wildman–Crippen MR) is 120 cm³/mol. The third-order valence-corrected chi connectivity index (χ3v) is 5.92. The summed E-state index contributed by atoms with van der Waals surface area (Å²) in [5, 5.41) is 5.39. The van der Waals surface area contributed by atoms with Gasteiger partial charge in [0.2, 0.25) is 5.91 Å². The number of likely N-dealkylation sites (tertiary alicyclic amines) is 1. The summed E-state index contributed by atoms with van der Waals surface area (Å²) >= 11 is 0. The summed E-state index contributed by atoms with van der Waals surface area (Å²) in [5.41, 5.74) is 4.05. The number of aryl methyl sites for hydroxylation is 2. The first-order chi connectivity index (χ1) is 14.4. The molecule has 4 rings (SSSR count). The van der Waals surface area contributed by atoms with E-state index in [1.165, 1.54) is 0 Å². The number of nitrogens with one attached hydrogen (secondary N) is 1. The van der Waals surface area contributed by atoms with E-state index in [4.69, 9.17) is 0 Å². The van der Waals surface area contributed by atoms with Gasteiger partial charge in [-0.15, -0.1) is 0 Å². The second-order valence-corrected chi connectivity index (χ2v) is 8.38. The van der Waals surface area contributed by atoms with Gasteiger partial charge >= 0.3 is 0 Å². The molecule has 1 heterocycles. The molecule has 1 saturated heterocycles. The minimum Gasteiger partial charge on any atom is -0.353 e. The van der Waals surface area contributed by atoms with Crippen LogP contribution in [0.25, 0.3) is 10.8 Å². The molecule has 0 aromatic heterocycles. The first kappa shape index (κ1) is 20.1. The molecule has 0 bridgehead atoms. The Morgan fingerprint density at radius 1 is 0.967 bits per heavy atom. The van der Waals surface area contributed by atoms with Gasteiger partial charge in [-0.1, -0.05) is 59.7 Å². The molecule has 4 nitrogen and oxygen atoms in total. The maximum absolute atomic E-state index is 13.6. The van der Waals surface area contributed by atoms with Gasteiger partial charge in [0.1, 0.15) is 0 Å². The van der Waals surface area contributed by atoms with Crippen molar-refractivity contribution in [3.05, 3.63) is 82.9 Å². The number of hydrogen-bond donors (Lipinski definition) is 1. The summed E-state index contributed by atoms with van der Waals surface area (Å²) in [5.74, 6) is 0.0340. The molecule has 1 aliphatic heterocycles. The van der Waals surface area contributed by atoms with Crippen molar-refractivity contribution in [2.45, 2.75) is 45.7 Å². The Kier molecular flexibility index (Phi) is 5.58. The van der Waals surface area contributed by atoms with Crippen molar-refractivity contribution in [1.29, 1.82) is 0 Å². The third-order valence-electron chi connectivity index (χ3n) is 5.92. The van der Waals surface area contributed by atoms with Gasteiger partial charge in [-0.05, 0) is 55.2 Å². The van der Waals surface area contributed by atoms with Gasteiger partial charge in [0.25, 0.3) is 5.91 Å². The molecule has 0 spiro atoms. The summed E-state index contributed by atoms with van der Waals surface area (Å²) < 4.78 is 0. The number of amides is 2. The van der Waals surface area contributed by atoms with Crippen LogP contribution in [0.15, 0.2) is 60.7 Å². The van der Waals surface area contributed by atoms with E-state index >= 15 is 0 Å². The van der Waals surface area contributed by atoms with Crippen LogP contribution in [0.2, 0.25) is 0 Å². The van der Waals surface area contributed by atoms with Crippen molar-refractivity contribution in [2.24, 2.45) is 0 Å². The molecule has 30 heavy (non-hydrogen) atoms. The number of benzene rings is 3. The second-order valence-electron chi connectivity index (χ2n) is 8.38. The Hall–Kier alpha value is -3.14. The minimum absolute atomic E-state index is 0.0224. The monoisotopic (exact) mass is 400 g/mol. The van der Waals surface area contributed by atoms with Crippen LogP contribution in [0.4, 0.5) is 0 Å². The van der Waals surface area contributed by atoms with E-state index in [2.05, 4.69) is 41.7 Å². The highest BCUT2D eigenvalue weighted by atomic mass is 16.2. The third kappa shape index (κ3) is 4.09. The average molecular weight is 401 g/mol. The quantitative estimate of drug-likeness (QED) is 0.677. The van der Waals surface area contributed by atoms with Gasteiger partial charge in [-0.2, -0.15) is 0 Å². The van der Waals surface area contributed by atoms with Crippen LogP contribution >= 0.6 is 0 Å². The fraction of sp³-hybridized carbons (Fsp3) is 0.308. The van der Waals surface area contributed by atoms with Crippen LogP contribution in [-0.2, 0) is 4.79 Å². The van der Waals surface area contributed by atoms with Gasteiger partial charge in [-0.25, -0.2) is 0 Å². The number of carbonyl (C=O) groups excluding carboxylic acids is 2. The Morgan fingerprint density at radius 3 is 2.40 bits per heavy atom. The van der Waals surface area contributed by atoms with Crippen molar-refractivity contribution in [1.82, 2.24) is 10.2 Å². The van der Waals surface area contributed by atoms with E-state index < -0.39 is 0 Å². The van der Waals surface area contributed by atoms with Gasteiger partial charge in [0, 0.05) is 25.1 Å². The Bertz CT molecular complexity index is 1080. The van der Waals surface area contributed by atoms with Crippen LogP contribution in [0.5, 0.6) is 0 Å². The molecule has 2 atom stereocenters. The van der Waals surface area contributed by atoms with E-state index in [9.17, 15) is 9.59 Å². The summed E-state index contributed by atoms with van der Waals surface area (Å²) in [7, 11) is 0. The minimum atomic E-state index is -0.0879. The van der Waals surface area contributed by atoms with Crippen LogP contribution in [0.3, 0.4) is 0 Å². The smallest absolute Gasteiger partial charge is 0.254 e. The molecule has 0 saturated carbocycles. The molecule has 1 fully saturated rings. The van der Waals surface area contributed by atoms with E-state index in [1.54, 1.807) is 6.92 Å². The summed E-state index contributed by atoms with van der Waals surface area (Å²) in [4.78, 5) is 27.3. The van der Waals surface area contributed by atoms with Crippen LogP contribution in [0.1, 0.15) is 52.9 Å². The molecule has 2 amide bonds. The lowest BCUT2D eigenvalue weighted by Crippen LogP contribution is -2.47. The predicted octanol–water partition coefficient (Wildman–Crippen LogP) is 4.94. The highest BCUT2D eigenvalue weighted by molar-refractivity contribution is 5.95. The first-order valence-corrected chi connectivity index (χ1v) is 10.6. The molecule has 3 aromatic carbocycles. The van der Waals surface area contributed by atoms with Crippen molar-refractivity contribution >= 4 is 22.6 Å². The normalized spacial score (nSPS) is 19.0. The van der Waals surface area contributed by atoms with Gasteiger partial charge in [0.15, 0.2) is 0 Å². The Morgan fingerprint density at radius 2 is 1.67 bits per heavy atom. The molecule has 1 aliphatic rings. The van der Waals surface area contributed by atoms with Crippen molar-refractivity contribution in [3.8, 4) is 0 Å². The summed E-state index contributed by atoms with van der Waals surface area (Å²) in [6.07, 6.45) is 1.47. The molecular weight excluding hydrogens is 372 g/mol. The SMILES string of the molecule is CC(=O)NC1CCN(C(=O)c2cc(C)cc(C)c2)C(c2cccc3ccccc23)C1. The highest BCUT2D eigenvalue weighted by Crippen LogP contribution is 2.36. The topological polar surface area (TPSA) is 49.4 Å². The van der Waals surface area contributed by atoms with E-state index in [0.717, 1.165) is 39.4 Å². The van der Waals surface area contributed by atoms with E-state index in [-0.39, 0.29) is 23.9 Å². The van der Waals surface area contributed by atoms with Crippen LogP contribution < -0.4 is 5.32 Å². The van der Waals surface area contributed by atoms with Gasteiger partial charge < -0.3 is 10.2 Å². The molecule has 0 aliphatic carbocycles. The van der Waals surface area contributed by atoms with E-state index in [0.29, 0.717) is 13.0 Å². The molecule has 4 heteroatoms. The number of nitrogens with zero attached hydrogens (tertiary/aromatic N) is 1. The Labute approximate surface area is 177 Å². The average Bonchev–Trinajstić information content (AvgIpc) is 2.71. The lowest BCUT2D eigenvalue weighted by molar-refractivity contribution is -0.120. The van der Waals surface area contributed by atoms with Gasteiger partial charge in [-0.3, -0.25) is 9.59 Å². The molecule has 1 N–H and O–H groups in total. The van der Waals surface area contributed by atoms with Crippen molar-refractivity contribution in [3.63, 3.8) is 0 Å². The van der Waals surface area contributed by atoms with Crippen LogP contribution in [0, 0.1) is 13.8 Å². The van der Waals surface area contributed by atoms with Crippen molar-refractivity contribution < 1.29 is 9.59 Å². The molecule has 2 unspecified atom stereocenters. The lowest BCUT2D eigenvalue weighted by Gasteiger charge is -2.40. The highest BCUT2D eigenvalue weighted by Gasteiger charge is 2.34. The Balaban J connectivity index is 1.76. The maximum atomic E-state index is 13.6. The number of fused-ring (bicyclic) bond motifs is 1. The molecule has 154 valence electrons. The standard InChI is InChI=1S/C26H28N2O2/c1-17-13-18(2)15-21(14-17)26(30)28-12-11-22(27-19(3)29)16-25(28)24-10-6-8-20-7-4-5-9-23(20)24/h4-10,13-15,22,25H,11-12,16H2,1-3H3,(H,27,29). The molecular formula is C26H28N2O2. The number of hydrogen-bond acceptors (Lipinski definition) is 2. The largest absolute Gasteiger partial charge is 0.353 e. The molecule has 0 radical (unpaired) electrons. The van der Waals surface area contributed by atoms with Gasteiger partial charge in [0.05, 0.1) is 6.04 Å². The zero-order valence-electron chi connectivity index (χ0n) is 17.8. The first-order valence-electron chi connectivity index (χ1n) is 10.6.